The molecule has 134 valence electrons. The quantitative estimate of drug-likeness (QED) is 0.734. The molecule has 0 aliphatic heterocycles. The summed E-state index contributed by atoms with van der Waals surface area (Å²) in [5.74, 6) is -0.942. The Morgan fingerprint density at radius 3 is 2.73 bits per heavy atom. The Balaban J connectivity index is 1.54. The molecule has 1 saturated carbocycles. The lowest BCUT2D eigenvalue weighted by Crippen LogP contribution is -2.27. The highest BCUT2D eigenvalue weighted by molar-refractivity contribution is 5.87. The van der Waals surface area contributed by atoms with E-state index in [0.717, 1.165) is 28.7 Å². The first-order valence-electron chi connectivity index (χ1n) is 8.92. The highest BCUT2D eigenvalue weighted by Gasteiger charge is 2.20. The fourth-order valence-electron chi connectivity index (χ4n) is 3.23. The van der Waals surface area contributed by atoms with Crippen LogP contribution in [0.15, 0.2) is 42.7 Å². The molecule has 1 aliphatic carbocycles. The van der Waals surface area contributed by atoms with Gasteiger partial charge in [-0.1, -0.05) is 0 Å². The van der Waals surface area contributed by atoms with E-state index in [9.17, 15) is 4.79 Å². The number of aromatic carboxylic acids is 1. The molecular weight excluding hydrogens is 330 g/mol. The molecule has 3 aromatic rings. The zero-order valence-electron chi connectivity index (χ0n) is 14.6. The predicted octanol–water partition coefficient (Wildman–Crippen LogP) is 3.62. The molecule has 0 radical (unpaired) electrons. The maximum absolute atomic E-state index is 11.0. The molecule has 1 aromatic carbocycles. The molecule has 2 aromatic heterocycles. The molecule has 1 fully saturated rings. The average molecular weight is 351 g/mol. The van der Waals surface area contributed by atoms with E-state index in [1.165, 1.54) is 19.3 Å². The SMILES string of the molecule is CC(Cc1cnc2c(cnn2-c2ccc(C(=O)O)cc2)c1)OC1CCC1. The number of benzene rings is 1. The maximum atomic E-state index is 11.0. The molecule has 0 saturated heterocycles. The molecule has 0 spiro atoms. The second kappa shape index (κ2) is 6.88. The monoisotopic (exact) mass is 351 g/mol. The fraction of sp³-hybridized carbons (Fsp3) is 0.350. The van der Waals surface area contributed by atoms with Crippen LogP contribution < -0.4 is 0 Å². The molecule has 6 heteroatoms. The Hall–Kier alpha value is -2.73. The lowest BCUT2D eigenvalue weighted by molar-refractivity contribution is -0.0423. The number of hydrogen-bond acceptors (Lipinski definition) is 4. The van der Waals surface area contributed by atoms with Gasteiger partial charge in [0, 0.05) is 11.6 Å². The van der Waals surface area contributed by atoms with Crippen LogP contribution in [0.25, 0.3) is 16.7 Å². The van der Waals surface area contributed by atoms with Gasteiger partial charge in [0.15, 0.2) is 5.65 Å². The predicted molar refractivity (Wildman–Crippen MR) is 97.7 cm³/mol. The van der Waals surface area contributed by atoms with Crippen molar-refractivity contribution in [2.75, 3.05) is 0 Å². The number of hydrogen-bond donors (Lipinski definition) is 1. The number of ether oxygens (including phenoxy) is 1. The van der Waals surface area contributed by atoms with Gasteiger partial charge in [-0.3, -0.25) is 0 Å². The standard InChI is InChI=1S/C20H21N3O3/c1-13(26-18-3-2-4-18)9-14-10-16-12-22-23(19(16)21-11-14)17-7-5-15(6-8-17)20(24)25/h5-8,10-13,18H,2-4,9H2,1H3,(H,24,25). The van der Waals surface area contributed by atoms with Crippen LogP contribution in [-0.4, -0.2) is 38.0 Å². The number of carbonyl (C=O) groups is 1. The second-order valence-corrected chi connectivity index (χ2v) is 6.87. The van der Waals surface area contributed by atoms with Crippen molar-refractivity contribution in [3.05, 3.63) is 53.9 Å². The number of carboxylic acids is 1. The van der Waals surface area contributed by atoms with Gasteiger partial charge < -0.3 is 9.84 Å². The largest absolute Gasteiger partial charge is 0.478 e. The Morgan fingerprint density at radius 1 is 1.31 bits per heavy atom. The Labute approximate surface area is 151 Å². The van der Waals surface area contributed by atoms with Crippen LogP contribution in [0.1, 0.15) is 42.1 Å². The van der Waals surface area contributed by atoms with Crippen LogP contribution in [0.5, 0.6) is 0 Å². The molecule has 4 rings (SSSR count). The topological polar surface area (TPSA) is 77.2 Å². The minimum atomic E-state index is -0.942. The highest BCUT2D eigenvalue weighted by Crippen LogP contribution is 2.25. The third-order valence-electron chi connectivity index (χ3n) is 4.82. The summed E-state index contributed by atoms with van der Waals surface area (Å²) in [5, 5.41) is 14.4. The van der Waals surface area contributed by atoms with Gasteiger partial charge >= 0.3 is 5.97 Å². The Morgan fingerprint density at radius 2 is 2.08 bits per heavy atom. The van der Waals surface area contributed by atoms with Gasteiger partial charge in [-0.15, -0.1) is 0 Å². The zero-order valence-corrected chi connectivity index (χ0v) is 14.6. The van der Waals surface area contributed by atoms with Crippen molar-refractivity contribution in [1.82, 2.24) is 14.8 Å². The molecule has 1 aliphatic rings. The summed E-state index contributed by atoms with van der Waals surface area (Å²) >= 11 is 0. The van der Waals surface area contributed by atoms with Gasteiger partial charge in [-0.25, -0.2) is 14.5 Å². The minimum Gasteiger partial charge on any atom is -0.478 e. The number of pyridine rings is 1. The van der Waals surface area contributed by atoms with Crippen LogP contribution in [0.3, 0.4) is 0 Å². The average Bonchev–Trinajstić information content (AvgIpc) is 3.01. The van der Waals surface area contributed by atoms with E-state index >= 15 is 0 Å². The summed E-state index contributed by atoms with van der Waals surface area (Å²) < 4.78 is 7.73. The van der Waals surface area contributed by atoms with Crippen LogP contribution in [0, 0.1) is 0 Å². The Bertz CT molecular complexity index is 929. The molecule has 1 atom stereocenters. The molecule has 2 heterocycles. The van der Waals surface area contributed by atoms with Crippen LogP contribution in [0.2, 0.25) is 0 Å². The molecule has 1 N–H and O–H groups in total. The van der Waals surface area contributed by atoms with Crippen LogP contribution >= 0.6 is 0 Å². The normalized spacial score (nSPS) is 15.7. The van der Waals surface area contributed by atoms with Crippen LogP contribution in [-0.2, 0) is 11.2 Å². The summed E-state index contributed by atoms with van der Waals surface area (Å²) in [5.41, 5.74) is 2.92. The van der Waals surface area contributed by atoms with E-state index in [4.69, 9.17) is 9.84 Å². The highest BCUT2D eigenvalue weighted by atomic mass is 16.5. The van der Waals surface area contributed by atoms with Gasteiger partial charge in [0.2, 0.25) is 0 Å². The second-order valence-electron chi connectivity index (χ2n) is 6.87. The molecule has 0 bridgehead atoms. The molecule has 6 nitrogen and oxygen atoms in total. The number of fused-ring (bicyclic) bond motifs is 1. The van der Waals surface area contributed by atoms with E-state index in [0.29, 0.717) is 6.10 Å². The van der Waals surface area contributed by atoms with E-state index in [1.807, 2.05) is 6.20 Å². The van der Waals surface area contributed by atoms with E-state index in [1.54, 1.807) is 35.1 Å². The molecule has 0 amide bonds. The summed E-state index contributed by atoms with van der Waals surface area (Å²) in [7, 11) is 0. The maximum Gasteiger partial charge on any atom is 0.335 e. The lowest BCUT2D eigenvalue weighted by atomic mass is 9.96. The number of nitrogens with zero attached hydrogens (tertiary/aromatic N) is 3. The van der Waals surface area contributed by atoms with Crippen molar-refractivity contribution < 1.29 is 14.6 Å². The van der Waals surface area contributed by atoms with E-state index in [2.05, 4.69) is 23.1 Å². The van der Waals surface area contributed by atoms with Gasteiger partial charge in [0.25, 0.3) is 0 Å². The minimum absolute atomic E-state index is 0.179. The van der Waals surface area contributed by atoms with Gasteiger partial charge in [0.1, 0.15) is 0 Å². The van der Waals surface area contributed by atoms with Crippen molar-refractivity contribution in [3.8, 4) is 5.69 Å². The lowest BCUT2D eigenvalue weighted by Gasteiger charge is -2.29. The van der Waals surface area contributed by atoms with E-state index in [-0.39, 0.29) is 11.7 Å². The zero-order chi connectivity index (χ0) is 18.1. The molecule has 26 heavy (non-hydrogen) atoms. The van der Waals surface area contributed by atoms with Gasteiger partial charge in [0.05, 0.1) is 29.7 Å². The van der Waals surface area contributed by atoms with Crippen molar-refractivity contribution in [2.45, 2.75) is 44.8 Å². The fourth-order valence-corrected chi connectivity index (χ4v) is 3.23. The smallest absolute Gasteiger partial charge is 0.335 e. The number of carboxylic acid groups (broad SMARTS) is 1. The first kappa shape index (κ1) is 16.7. The number of aromatic nitrogens is 3. The van der Waals surface area contributed by atoms with Crippen molar-refractivity contribution >= 4 is 17.0 Å². The van der Waals surface area contributed by atoms with Gasteiger partial charge in [-0.05, 0) is 68.5 Å². The van der Waals surface area contributed by atoms with Gasteiger partial charge in [-0.2, -0.15) is 5.10 Å². The third kappa shape index (κ3) is 3.32. The first-order chi connectivity index (χ1) is 12.6. The van der Waals surface area contributed by atoms with Crippen molar-refractivity contribution in [3.63, 3.8) is 0 Å². The van der Waals surface area contributed by atoms with E-state index < -0.39 is 5.97 Å². The summed E-state index contributed by atoms with van der Waals surface area (Å²) in [4.78, 5) is 15.6. The summed E-state index contributed by atoms with van der Waals surface area (Å²) in [6.45, 7) is 2.11. The number of rotatable bonds is 6. The van der Waals surface area contributed by atoms with Crippen molar-refractivity contribution in [2.24, 2.45) is 0 Å². The first-order valence-corrected chi connectivity index (χ1v) is 8.92. The third-order valence-corrected chi connectivity index (χ3v) is 4.82. The summed E-state index contributed by atoms with van der Waals surface area (Å²) in [6, 6.07) is 8.70. The molecule has 1 unspecified atom stereocenters. The van der Waals surface area contributed by atoms with Crippen LogP contribution in [0.4, 0.5) is 0 Å². The Kier molecular flexibility index (Phi) is 4.42. The molecular formula is C20H21N3O3. The van der Waals surface area contributed by atoms with Crippen molar-refractivity contribution in [1.29, 1.82) is 0 Å². The summed E-state index contributed by atoms with van der Waals surface area (Å²) in [6.07, 6.45) is 8.72.